The van der Waals surface area contributed by atoms with Gasteiger partial charge >= 0.3 is 0 Å². The van der Waals surface area contributed by atoms with Crippen LogP contribution in [0.1, 0.15) is 69.8 Å². The first-order chi connectivity index (χ1) is 18.5. The number of aromatic nitrogens is 1. The molecule has 0 aliphatic carbocycles. The zero-order valence-electron chi connectivity index (χ0n) is 23.2. The summed E-state index contributed by atoms with van der Waals surface area (Å²) in [4.78, 5) is 8.29. The molecule has 4 rings (SSSR count). The molecule has 4 N–H and O–H groups in total. The summed E-state index contributed by atoms with van der Waals surface area (Å²) < 4.78 is 14.0. The molecule has 0 amide bonds. The van der Waals surface area contributed by atoms with Crippen LogP contribution < -0.4 is 21.6 Å². The van der Waals surface area contributed by atoms with Gasteiger partial charge in [0.25, 0.3) is 0 Å². The van der Waals surface area contributed by atoms with Gasteiger partial charge in [0.2, 0.25) is 5.95 Å². The number of hydrogen-bond donors (Lipinski definition) is 4. The Labute approximate surface area is 235 Å². The average Bonchev–Trinajstić information content (AvgIpc) is 3.31. The third-order valence-corrected chi connectivity index (χ3v) is 7.13. The first kappa shape index (κ1) is 28.4. The highest BCUT2D eigenvalue weighted by molar-refractivity contribution is 6.33. The highest BCUT2D eigenvalue weighted by Gasteiger charge is 2.32. The molecule has 2 aromatic rings. The molecule has 1 aromatic heterocycles. The maximum Gasteiger partial charge on any atom is 0.213 e. The molecule has 0 spiro atoms. The van der Waals surface area contributed by atoms with E-state index in [0.717, 1.165) is 42.8 Å². The number of aryl methyl sites for hydroxylation is 1. The number of nitrogens with zero attached hydrogens (tertiary/aromatic N) is 4. The van der Waals surface area contributed by atoms with Gasteiger partial charge in [-0.25, -0.2) is 4.98 Å². The van der Waals surface area contributed by atoms with Gasteiger partial charge in [-0.05, 0) is 63.4 Å². The standard InChI is InChI=1S/C29H36ClFN8/c1-17(15-32)25(34-16-29(3,4)5)21-13-19(14-22(30)26(21)33-6)36-27(20-10-11-24(31)35-18(20)2)28-23-9-7-8-12-39(23)38-37-28/h10-11,13-14,27,34,36-38H,6-9,12,16H2,1-5H3/b25-17-/t27-/m0/s1. The lowest BCUT2D eigenvalue weighted by Gasteiger charge is -2.27. The van der Waals surface area contributed by atoms with Crippen LogP contribution in [0.5, 0.6) is 0 Å². The molecule has 0 radical (unpaired) electrons. The molecule has 8 nitrogen and oxygen atoms in total. The second-order valence-corrected chi connectivity index (χ2v) is 11.5. The number of rotatable bonds is 8. The minimum absolute atomic E-state index is 0.0263. The molecule has 3 heterocycles. The van der Waals surface area contributed by atoms with Crippen molar-refractivity contribution in [1.82, 2.24) is 26.3 Å². The molecule has 10 heteroatoms. The second-order valence-electron chi connectivity index (χ2n) is 11.1. The van der Waals surface area contributed by atoms with E-state index in [4.69, 9.17) is 11.6 Å². The monoisotopic (exact) mass is 550 g/mol. The number of fused-ring (bicyclic) bond motifs is 1. The average molecular weight is 551 g/mol. The molecule has 1 aromatic carbocycles. The lowest BCUT2D eigenvalue weighted by atomic mass is 9.95. The van der Waals surface area contributed by atoms with Crippen LogP contribution in [-0.2, 0) is 0 Å². The van der Waals surface area contributed by atoms with Gasteiger partial charge in [0.15, 0.2) is 0 Å². The van der Waals surface area contributed by atoms with E-state index in [1.54, 1.807) is 26.0 Å². The molecule has 2 aliphatic rings. The number of nitriles is 1. The Hall–Kier alpha value is -3.61. The Morgan fingerprint density at radius 3 is 2.77 bits per heavy atom. The fraction of sp³-hybridized carbons (Fsp3) is 0.414. The van der Waals surface area contributed by atoms with E-state index in [1.165, 1.54) is 6.07 Å². The van der Waals surface area contributed by atoms with Crippen LogP contribution in [0.2, 0.25) is 5.02 Å². The number of pyridine rings is 1. The molecular weight excluding hydrogens is 515 g/mol. The minimum atomic E-state index is -0.525. The van der Waals surface area contributed by atoms with Crippen LogP contribution in [0.25, 0.3) is 5.70 Å². The highest BCUT2D eigenvalue weighted by atomic mass is 35.5. The van der Waals surface area contributed by atoms with E-state index in [0.29, 0.717) is 45.5 Å². The van der Waals surface area contributed by atoms with Crippen LogP contribution in [0.15, 0.2) is 46.2 Å². The van der Waals surface area contributed by atoms with Crippen molar-refractivity contribution in [2.24, 2.45) is 10.4 Å². The first-order valence-electron chi connectivity index (χ1n) is 13.1. The van der Waals surface area contributed by atoms with Gasteiger partial charge in [0, 0.05) is 35.6 Å². The van der Waals surface area contributed by atoms with Crippen LogP contribution in [-0.4, -0.2) is 29.8 Å². The van der Waals surface area contributed by atoms with Gasteiger partial charge in [-0.2, -0.15) is 9.65 Å². The van der Waals surface area contributed by atoms with E-state index < -0.39 is 5.95 Å². The van der Waals surface area contributed by atoms with Gasteiger partial charge in [-0.1, -0.05) is 38.4 Å². The summed E-state index contributed by atoms with van der Waals surface area (Å²) in [5.41, 5.74) is 13.1. The zero-order valence-corrected chi connectivity index (χ0v) is 23.9. The van der Waals surface area contributed by atoms with E-state index in [1.807, 2.05) is 6.07 Å². The van der Waals surface area contributed by atoms with Gasteiger partial charge in [-0.3, -0.25) is 10.0 Å². The zero-order chi connectivity index (χ0) is 28.3. The molecular formula is C29H36ClFN8. The third-order valence-electron chi connectivity index (χ3n) is 6.84. The summed E-state index contributed by atoms with van der Waals surface area (Å²) in [6, 6.07) is 8.74. The fourth-order valence-corrected chi connectivity index (χ4v) is 5.14. The lowest BCUT2D eigenvalue weighted by Crippen LogP contribution is -2.40. The predicted octanol–water partition coefficient (Wildman–Crippen LogP) is 6.28. The first-order valence-corrected chi connectivity index (χ1v) is 13.5. The molecule has 2 aliphatic heterocycles. The summed E-state index contributed by atoms with van der Waals surface area (Å²) >= 11 is 6.75. The summed E-state index contributed by atoms with van der Waals surface area (Å²) in [5.74, 6) is -0.525. The Balaban J connectivity index is 1.83. The number of benzene rings is 1. The number of hydrazine groups is 2. The Bertz CT molecular complexity index is 1370. The summed E-state index contributed by atoms with van der Waals surface area (Å²) in [6.07, 6.45) is 3.10. The highest BCUT2D eigenvalue weighted by Crippen LogP contribution is 2.40. The minimum Gasteiger partial charge on any atom is -0.383 e. The third kappa shape index (κ3) is 6.35. The Morgan fingerprint density at radius 2 is 2.10 bits per heavy atom. The predicted molar refractivity (Wildman–Crippen MR) is 155 cm³/mol. The van der Waals surface area contributed by atoms with Gasteiger partial charge in [0.05, 0.1) is 45.5 Å². The van der Waals surface area contributed by atoms with Crippen molar-refractivity contribution in [3.8, 4) is 6.07 Å². The van der Waals surface area contributed by atoms with E-state index in [2.05, 4.69) is 70.1 Å². The van der Waals surface area contributed by atoms with Crippen molar-refractivity contribution < 1.29 is 4.39 Å². The molecule has 0 saturated carbocycles. The number of aliphatic imine (C=N–C) groups is 1. The van der Waals surface area contributed by atoms with E-state index >= 15 is 0 Å². The molecule has 0 bridgehead atoms. The molecule has 1 saturated heterocycles. The normalized spacial score (nSPS) is 16.6. The number of allylic oxidation sites excluding steroid dienone is 2. The number of hydrogen-bond acceptors (Lipinski definition) is 8. The van der Waals surface area contributed by atoms with Crippen LogP contribution >= 0.6 is 11.6 Å². The van der Waals surface area contributed by atoms with Gasteiger partial charge < -0.3 is 16.1 Å². The molecule has 1 fully saturated rings. The number of anilines is 1. The lowest BCUT2D eigenvalue weighted by molar-refractivity contribution is 0.216. The van der Waals surface area contributed by atoms with Gasteiger partial charge in [-0.15, -0.1) is 5.53 Å². The number of piperidine rings is 1. The van der Waals surface area contributed by atoms with Crippen molar-refractivity contribution in [3.63, 3.8) is 0 Å². The van der Waals surface area contributed by atoms with Crippen LogP contribution in [0.4, 0.5) is 15.8 Å². The smallest absolute Gasteiger partial charge is 0.213 e. The number of halogens is 2. The summed E-state index contributed by atoms with van der Waals surface area (Å²) in [6.45, 7) is 15.2. The maximum absolute atomic E-state index is 14.0. The van der Waals surface area contributed by atoms with Crippen molar-refractivity contribution >= 4 is 35.4 Å². The SMILES string of the molecule is C=Nc1c(Cl)cc(N[C@H](C2=C3CCCCN3NN2)c2ccc(F)nc2C)cc1/C(NCC(C)(C)C)=C(\C)C#N. The second kappa shape index (κ2) is 11.6. The van der Waals surface area contributed by atoms with Crippen LogP contribution in [0, 0.1) is 29.6 Å². The van der Waals surface area contributed by atoms with Gasteiger partial charge in [0.1, 0.15) is 0 Å². The molecule has 1 atom stereocenters. The topological polar surface area (TPSA) is 100 Å². The van der Waals surface area contributed by atoms with E-state index in [9.17, 15) is 9.65 Å². The molecule has 39 heavy (non-hydrogen) atoms. The summed E-state index contributed by atoms with van der Waals surface area (Å²) in [7, 11) is 0. The Kier molecular flexibility index (Phi) is 8.48. The largest absolute Gasteiger partial charge is 0.383 e. The number of nitrogens with one attached hydrogen (secondary N) is 4. The van der Waals surface area contributed by atoms with Crippen molar-refractivity contribution in [2.45, 2.75) is 59.9 Å². The van der Waals surface area contributed by atoms with Crippen molar-refractivity contribution in [2.75, 3.05) is 18.4 Å². The van der Waals surface area contributed by atoms with Crippen molar-refractivity contribution in [3.05, 3.63) is 69.0 Å². The van der Waals surface area contributed by atoms with Crippen molar-refractivity contribution in [1.29, 1.82) is 5.26 Å². The fourth-order valence-electron chi connectivity index (χ4n) is 4.87. The quantitative estimate of drug-likeness (QED) is 0.174. The van der Waals surface area contributed by atoms with Crippen LogP contribution in [0.3, 0.4) is 0 Å². The maximum atomic E-state index is 14.0. The molecule has 206 valence electrons. The molecule has 0 unspecified atom stereocenters. The summed E-state index contributed by atoms with van der Waals surface area (Å²) in [5, 5.41) is 19.4. The Morgan fingerprint density at radius 1 is 1.33 bits per heavy atom. The van der Waals surface area contributed by atoms with E-state index in [-0.39, 0.29) is 11.5 Å².